The first kappa shape index (κ1) is 23.2. The number of hydrogen-bond acceptors (Lipinski definition) is 6. The van der Waals surface area contributed by atoms with Gasteiger partial charge in [0.05, 0.1) is 22.7 Å². The Morgan fingerprint density at radius 2 is 1.94 bits per heavy atom. The van der Waals surface area contributed by atoms with Crippen LogP contribution in [0.2, 0.25) is 0 Å². The van der Waals surface area contributed by atoms with Gasteiger partial charge in [-0.15, -0.1) is 11.3 Å². The molecule has 4 aromatic rings. The van der Waals surface area contributed by atoms with Gasteiger partial charge in [-0.05, 0) is 61.2 Å². The Morgan fingerprint density at radius 1 is 1.11 bits per heavy atom. The minimum absolute atomic E-state index is 0.149. The lowest BCUT2D eigenvalue weighted by Gasteiger charge is -2.21. The summed E-state index contributed by atoms with van der Waals surface area (Å²) < 4.78 is 28.2. The van der Waals surface area contributed by atoms with Gasteiger partial charge in [0.2, 0.25) is 5.91 Å². The molecular formula is C26H24N4O3S2. The Bertz CT molecular complexity index is 1510. The second kappa shape index (κ2) is 9.24. The number of amides is 1. The van der Waals surface area contributed by atoms with E-state index in [2.05, 4.69) is 15.3 Å². The second-order valence-corrected chi connectivity index (χ2v) is 11.5. The smallest absolute Gasteiger partial charge is 0.264 e. The average molecular weight is 505 g/mol. The maximum atomic E-state index is 13.3. The third-order valence-electron chi connectivity index (χ3n) is 6.00. The molecule has 5 rings (SSSR count). The van der Waals surface area contributed by atoms with Crippen molar-refractivity contribution >= 4 is 38.1 Å². The summed E-state index contributed by atoms with van der Waals surface area (Å²) in [5.41, 5.74) is 4.93. The summed E-state index contributed by atoms with van der Waals surface area (Å²) in [5, 5.41) is 3.41. The summed E-state index contributed by atoms with van der Waals surface area (Å²) in [4.78, 5) is 22.4. The first-order valence-electron chi connectivity index (χ1n) is 11.2. The molecule has 35 heavy (non-hydrogen) atoms. The maximum absolute atomic E-state index is 13.3. The second-order valence-electron chi connectivity index (χ2n) is 8.45. The zero-order chi connectivity index (χ0) is 24.6. The van der Waals surface area contributed by atoms with Crippen LogP contribution in [-0.2, 0) is 27.7 Å². The number of fused-ring (bicyclic) bond motifs is 1. The molecule has 0 unspecified atom stereocenters. The fraction of sp³-hybridized carbons (Fsp3) is 0.192. The predicted molar refractivity (Wildman–Crippen MR) is 138 cm³/mol. The molecule has 2 aromatic carbocycles. The molecule has 0 bridgehead atoms. The molecule has 2 aromatic heterocycles. The van der Waals surface area contributed by atoms with Crippen LogP contribution in [0.4, 0.5) is 10.8 Å². The first-order valence-corrected chi connectivity index (χ1v) is 13.5. The summed E-state index contributed by atoms with van der Waals surface area (Å²) in [6.45, 7) is 4.18. The highest BCUT2D eigenvalue weighted by Gasteiger charge is 2.32. The summed E-state index contributed by atoms with van der Waals surface area (Å²) in [7, 11) is -3.64. The molecule has 0 saturated carbocycles. The van der Waals surface area contributed by atoms with Gasteiger partial charge in [0.15, 0.2) is 5.13 Å². The van der Waals surface area contributed by atoms with E-state index >= 15 is 0 Å². The van der Waals surface area contributed by atoms with Crippen LogP contribution in [-0.4, -0.2) is 30.8 Å². The monoisotopic (exact) mass is 504 g/mol. The number of anilines is 2. The Hall–Kier alpha value is -3.56. The molecule has 0 aliphatic carbocycles. The third-order valence-corrected chi connectivity index (χ3v) is 8.86. The van der Waals surface area contributed by atoms with Gasteiger partial charge < -0.3 is 5.32 Å². The van der Waals surface area contributed by atoms with Crippen molar-refractivity contribution in [2.75, 3.05) is 16.2 Å². The standard InChI is InChI=1S/C26H24N4O3S2/c1-17-6-3-4-8-23(17)35(32,33)30-13-11-20-15-21(9-10-22(20)30)25-18(2)34-26(29-25)28-24(31)14-19-7-5-12-27-16-19/h3-10,12,15-16H,11,13-14H2,1-2H3,(H,28,29,31). The Morgan fingerprint density at radius 3 is 2.71 bits per heavy atom. The number of pyridine rings is 1. The predicted octanol–water partition coefficient (Wildman–Crippen LogP) is 4.75. The molecule has 1 aliphatic rings. The van der Waals surface area contributed by atoms with E-state index in [1.807, 2.05) is 50.2 Å². The third kappa shape index (κ3) is 4.56. The van der Waals surface area contributed by atoms with Crippen molar-refractivity contribution in [2.24, 2.45) is 0 Å². The summed E-state index contributed by atoms with van der Waals surface area (Å²) in [6.07, 6.45) is 4.20. The lowest BCUT2D eigenvalue weighted by Crippen LogP contribution is -2.29. The molecule has 1 N–H and O–H groups in total. The molecule has 0 radical (unpaired) electrons. The number of hydrogen-bond donors (Lipinski definition) is 1. The van der Waals surface area contributed by atoms with Gasteiger partial charge in [0, 0.05) is 29.4 Å². The number of rotatable bonds is 6. The van der Waals surface area contributed by atoms with Gasteiger partial charge in [-0.3, -0.25) is 14.1 Å². The van der Waals surface area contributed by atoms with E-state index in [9.17, 15) is 13.2 Å². The fourth-order valence-electron chi connectivity index (χ4n) is 4.30. The molecule has 0 fully saturated rings. The van der Waals surface area contributed by atoms with E-state index in [-0.39, 0.29) is 12.3 Å². The van der Waals surface area contributed by atoms with Crippen molar-refractivity contribution in [1.29, 1.82) is 0 Å². The number of sulfonamides is 1. The molecule has 7 nitrogen and oxygen atoms in total. The topological polar surface area (TPSA) is 92.3 Å². The number of aryl methyl sites for hydroxylation is 2. The minimum Gasteiger partial charge on any atom is -0.302 e. The van der Waals surface area contributed by atoms with Crippen molar-refractivity contribution in [3.63, 3.8) is 0 Å². The van der Waals surface area contributed by atoms with Crippen LogP contribution in [0.3, 0.4) is 0 Å². The largest absolute Gasteiger partial charge is 0.302 e. The van der Waals surface area contributed by atoms with Crippen LogP contribution in [0.25, 0.3) is 11.3 Å². The highest BCUT2D eigenvalue weighted by Crippen LogP contribution is 2.38. The lowest BCUT2D eigenvalue weighted by atomic mass is 10.1. The lowest BCUT2D eigenvalue weighted by molar-refractivity contribution is -0.115. The number of nitrogens with one attached hydrogen (secondary N) is 1. The first-order chi connectivity index (χ1) is 16.8. The van der Waals surface area contributed by atoms with Crippen molar-refractivity contribution in [3.8, 4) is 11.3 Å². The molecular weight excluding hydrogens is 480 g/mol. The van der Waals surface area contributed by atoms with E-state index in [0.29, 0.717) is 28.7 Å². The number of carbonyl (C=O) groups is 1. The minimum atomic E-state index is -3.64. The van der Waals surface area contributed by atoms with E-state index in [1.165, 1.54) is 15.6 Å². The van der Waals surface area contributed by atoms with Gasteiger partial charge in [-0.1, -0.05) is 30.3 Å². The van der Waals surface area contributed by atoms with Crippen molar-refractivity contribution in [3.05, 3.63) is 88.6 Å². The van der Waals surface area contributed by atoms with E-state index in [4.69, 9.17) is 0 Å². The van der Waals surface area contributed by atoms with Crippen molar-refractivity contribution < 1.29 is 13.2 Å². The number of nitrogens with zero attached hydrogens (tertiary/aromatic N) is 3. The maximum Gasteiger partial charge on any atom is 0.264 e. The highest BCUT2D eigenvalue weighted by atomic mass is 32.2. The quantitative estimate of drug-likeness (QED) is 0.409. The van der Waals surface area contributed by atoms with Gasteiger partial charge in [0.25, 0.3) is 10.0 Å². The summed E-state index contributed by atoms with van der Waals surface area (Å²) in [5.74, 6) is -0.149. The van der Waals surface area contributed by atoms with Crippen LogP contribution < -0.4 is 9.62 Å². The Labute approximate surface area is 208 Å². The number of thiazole rings is 1. The van der Waals surface area contributed by atoms with Crippen LogP contribution in [0.15, 0.2) is 71.9 Å². The highest BCUT2D eigenvalue weighted by molar-refractivity contribution is 7.93. The molecule has 3 heterocycles. The zero-order valence-corrected chi connectivity index (χ0v) is 21.0. The van der Waals surface area contributed by atoms with Gasteiger partial charge in [-0.25, -0.2) is 13.4 Å². The molecule has 0 atom stereocenters. The fourth-order valence-corrected chi connectivity index (χ4v) is 6.89. The molecule has 0 saturated heterocycles. The summed E-state index contributed by atoms with van der Waals surface area (Å²) in [6, 6.07) is 16.5. The van der Waals surface area contributed by atoms with Crippen molar-refractivity contribution in [2.45, 2.75) is 31.6 Å². The van der Waals surface area contributed by atoms with Gasteiger partial charge in [0.1, 0.15) is 0 Å². The molecule has 178 valence electrons. The number of carbonyl (C=O) groups excluding carboxylic acids is 1. The van der Waals surface area contributed by atoms with Crippen LogP contribution in [0.1, 0.15) is 21.6 Å². The molecule has 1 aliphatic heterocycles. The number of benzene rings is 2. The SMILES string of the molecule is Cc1ccccc1S(=O)(=O)N1CCc2cc(-c3nc(NC(=O)Cc4cccnc4)sc3C)ccc21. The normalized spacial score (nSPS) is 13.0. The van der Waals surface area contributed by atoms with Gasteiger partial charge >= 0.3 is 0 Å². The van der Waals surface area contributed by atoms with Crippen LogP contribution >= 0.6 is 11.3 Å². The van der Waals surface area contributed by atoms with Crippen molar-refractivity contribution in [1.82, 2.24) is 9.97 Å². The zero-order valence-electron chi connectivity index (χ0n) is 19.4. The Balaban J connectivity index is 1.37. The molecule has 1 amide bonds. The summed E-state index contributed by atoms with van der Waals surface area (Å²) >= 11 is 1.42. The van der Waals surface area contributed by atoms with Crippen LogP contribution in [0.5, 0.6) is 0 Å². The molecule has 0 spiro atoms. The van der Waals surface area contributed by atoms with Gasteiger partial charge in [-0.2, -0.15) is 0 Å². The van der Waals surface area contributed by atoms with E-state index in [0.717, 1.165) is 32.8 Å². The van der Waals surface area contributed by atoms with E-state index in [1.54, 1.807) is 30.6 Å². The average Bonchev–Trinajstić information content (AvgIpc) is 3.42. The number of aromatic nitrogens is 2. The van der Waals surface area contributed by atoms with E-state index < -0.39 is 10.0 Å². The Kier molecular flexibility index (Phi) is 6.12. The molecule has 9 heteroatoms. The van der Waals surface area contributed by atoms with Crippen LogP contribution in [0, 0.1) is 13.8 Å².